The van der Waals surface area contributed by atoms with E-state index in [4.69, 9.17) is 4.74 Å². The quantitative estimate of drug-likeness (QED) is 0.857. The summed E-state index contributed by atoms with van der Waals surface area (Å²) in [5.74, 6) is 0.740. The largest absolute Gasteiger partial charge is 0.383 e. The van der Waals surface area contributed by atoms with Crippen LogP contribution in [0.5, 0.6) is 0 Å². The number of halogens is 1. The maximum Gasteiger partial charge on any atom is 0.183 e. The van der Waals surface area contributed by atoms with Gasteiger partial charge < -0.3 is 9.30 Å². The van der Waals surface area contributed by atoms with E-state index in [1.165, 1.54) is 0 Å². The number of ether oxygens (including phenoxy) is 1. The predicted molar refractivity (Wildman–Crippen MR) is 62.8 cm³/mol. The molecule has 0 atom stereocenters. The van der Waals surface area contributed by atoms with Gasteiger partial charge in [0.2, 0.25) is 0 Å². The molecule has 2 rings (SSSR count). The second-order valence-corrected chi connectivity index (χ2v) is 4.03. The molecule has 0 aliphatic carbocycles. The van der Waals surface area contributed by atoms with Crippen LogP contribution in [0, 0.1) is 0 Å². The predicted octanol–water partition coefficient (Wildman–Crippen LogP) is 1.75. The summed E-state index contributed by atoms with van der Waals surface area (Å²) in [6, 6.07) is 3.79. The molecule has 0 aromatic carbocycles. The monoisotopic (exact) mass is 282 g/mol. The normalized spacial score (nSPS) is 10.6. The number of hydrogen-bond acceptors (Lipinski definition) is 4. The van der Waals surface area contributed by atoms with Gasteiger partial charge in [0.15, 0.2) is 5.82 Å². The van der Waals surface area contributed by atoms with Crippen molar-refractivity contribution in [1.82, 2.24) is 19.7 Å². The van der Waals surface area contributed by atoms with Crippen molar-refractivity contribution in [2.45, 2.75) is 6.54 Å². The Kier molecular flexibility index (Phi) is 3.63. The molecular formula is C10H11BrN4O. The SMILES string of the molecule is COCCn1cnnc1-c1ncccc1Br. The van der Waals surface area contributed by atoms with Crippen molar-refractivity contribution in [3.8, 4) is 11.5 Å². The van der Waals surface area contributed by atoms with Gasteiger partial charge in [0, 0.05) is 24.3 Å². The summed E-state index contributed by atoms with van der Waals surface area (Å²) in [6.45, 7) is 1.33. The average molecular weight is 283 g/mol. The van der Waals surface area contributed by atoms with Crippen LogP contribution in [-0.4, -0.2) is 33.5 Å². The fraction of sp³-hybridized carbons (Fsp3) is 0.300. The molecule has 0 radical (unpaired) electrons. The molecule has 0 unspecified atom stereocenters. The lowest BCUT2D eigenvalue weighted by atomic mass is 10.3. The van der Waals surface area contributed by atoms with E-state index in [0.717, 1.165) is 16.0 Å². The molecule has 2 heterocycles. The molecule has 0 saturated heterocycles. The molecule has 84 valence electrons. The van der Waals surface area contributed by atoms with Crippen LogP contribution < -0.4 is 0 Å². The first-order valence-corrected chi connectivity index (χ1v) is 5.60. The molecule has 0 N–H and O–H groups in total. The number of pyridine rings is 1. The van der Waals surface area contributed by atoms with Gasteiger partial charge >= 0.3 is 0 Å². The lowest BCUT2D eigenvalue weighted by molar-refractivity contribution is 0.187. The van der Waals surface area contributed by atoms with Gasteiger partial charge in [-0.2, -0.15) is 0 Å². The molecule has 2 aromatic rings. The van der Waals surface area contributed by atoms with Gasteiger partial charge in [-0.1, -0.05) is 0 Å². The highest BCUT2D eigenvalue weighted by molar-refractivity contribution is 9.10. The molecule has 0 aliphatic rings. The Morgan fingerprint density at radius 3 is 3.12 bits per heavy atom. The van der Waals surface area contributed by atoms with Crippen molar-refractivity contribution in [1.29, 1.82) is 0 Å². The summed E-state index contributed by atoms with van der Waals surface area (Å²) in [7, 11) is 1.67. The van der Waals surface area contributed by atoms with Gasteiger partial charge in [0.25, 0.3) is 0 Å². The molecule has 6 heteroatoms. The van der Waals surface area contributed by atoms with Crippen molar-refractivity contribution >= 4 is 15.9 Å². The van der Waals surface area contributed by atoms with Crippen LogP contribution in [-0.2, 0) is 11.3 Å². The maximum absolute atomic E-state index is 5.03. The van der Waals surface area contributed by atoms with Crippen LogP contribution in [0.1, 0.15) is 0 Å². The van der Waals surface area contributed by atoms with Crippen molar-refractivity contribution in [3.63, 3.8) is 0 Å². The minimum atomic E-state index is 0.621. The van der Waals surface area contributed by atoms with E-state index < -0.39 is 0 Å². The van der Waals surface area contributed by atoms with Crippen LogP contribution in [0.4, 0.5) is 0 Å². The Labute approximate surface area is 102 Å². The van der Waals surface area contributed by atoms with E-state index in [2.05, 4.69) is 31.1 Å². The van der Waals surface area contributed by atoms with Gasteiger partial charge in [-0.15, -0.1) is 10.2 Å². The third kappa shape index (κ3) is 2.28. The second-order valence-electron chi connectivity index (χ2n) is 3.17. The maximum atomic E-state index is 5.03. The van der Waals surface area contributed by atoms with Gasteiger partial charge in [0.05, 0.1) is 6.61 Å². The third-order valence-corrected chi connectivity index (χ3v) is 2.76. The van der Waals surface area contributed by atoms with E-state index >= 15 is 0 Å². The summed E-state index contributed by atoms with van der Waals surface area (Å²) in [4.78, 5) is 4.28. The minimum absolute atomic E-state index is 0.621. The van der Waals surface area contributed by atoms with Crippen LogP contribution in [0.2, 0.25) is 0 Å². The van der Waals surface area contributed by atoms with Crippen LogP contribution in [0.15, 0.2) is 29.1 Å². The van der Waals surface area contributed by atoms with Crippen molar-refractivity contribution < 1.29 is 4.74 Å². The summed E-state index contributed by atoms with van der Waals surface area (Å²) < 4.78 is 7.85. The molecule has 0 amide bonds. The Bertz CT molecular complexity index is 471. The molecule has 0 aliphatic heterocycles. The van der Waals surface area contributed by atoms with Gasteiger partial charge in [0.1, 0.15) is 12.0 Å². The third-order valence-electron chi connectivity index (χ3n) is 2.12. The molecule has 0 spiro atoms. The summed E-state index contributed by atoms with van der Waals surface area (Å²) >= 11 is 3.45. The zero-order valence-corrected chi connectivity index (χ0v) is 10.4. The Balaban J connectivity index is 2.33. The molecule has 16 heavy (non-hydrogen) atoms. The fourth-order valence-electron chi connectivity index (χ4n) is 1.34. The highest BCUT2D eigenvalue weighted by Crippen LogP contribution is 2.23. The zero-order valence-electron chi connectivity index (χ0n) is 8.80. The Morgan fingerprint density at radius 2 is 2.38 bits per heavy atom. The summed E-state index contributed by atoms with van der Waals surface area (Å²) in [5, 5.41) is 7.95. The van der Waals surface area contributed by atoms with E-state index in [1.54, 1.807) is 19.6 Å². The van der Waals surface area contributed by atoms with Gasteiger partial charge in [-0.3, -0.25) is 4.98 Å². The standard InChI is InChI=1S/C10H11BrN4O/c1-16-6-5-15-7-13-14-10(15)9-8(11)3-2-4-12-9/h2-4,7H,5-6H2,1H3. The highest BCUT2D eigenvalue weighted by Gasteiger charge is 2.11. The first-order valence-electron chi connectivity index (χ1n) is 4.80. The first kappa shape index (κ1) is 11.2. The van der Waals surface area contributed by atoms with Crippen molar-refractivity contribution in [2.24, 2.45) is 0 Å². The van der Waals surface area contributed by atoms with E-state index in [0.29, 0.717) is 13.2 Å². The van der Waals surface area contributed by atoms with E-state index in [1.807, 2.05) is 16.7 Å². The van der Waals surface area contributed by atoms with Gasteiger partial charge in [-0.25, -0.2) is 0 Å². The smallest absolute Gasteiger partial charge is 0.183 e. The molecule has 0 saturated carbocycles. The number of hydrogen-bond donors (Lipinski definition) is 0. The summed E-state index contributed by atoms with van der Waals surface area (Å²) in [6.07, 6.45) is 3.41. The van der Waals surface area contributed by atoms with Gasteiger partial charge in [-0.05, 0) is 28.1 Å². The number of rotatable bonds is 4. The topological polar surface area (TPSA) is 52.8 Å². The molecule has 5 nitrogen and oxygen atoms in total. The fourth-order valence-corrected chi connectivity index (χ4v) is 1.77. The lowest BCUT2D eigenvalue weighted by Gasteiger charge is -2.06. The zero-order chi connectivity index (χ0) is 11.4. The molecule has 0 fully saturated rings. The summed E-state index contributed by atoms with van der Waals surface area (Å²) in [5.41, 5.74) is 0.788. The average Bonchev–Trinajstić information content (AvgIpc) is 2.75. The van der Waals surface area contributed by atoms with E-state index in [9.17, 15) is 0 Å². The van der Waals surface area contributed by atoms with Crippen LogP contribution in [0.3, 0.4) is 0 Å². The molecule has 0 bridgehead atoms. The highest BCUT2D eigenvalue weighted by atomic mass is 79.9. The van der Waals surface area contributed by atoms with Crippen molar-refractivity contribution in [3.05, 3.63) is 29.1 Å². The minimum Gasteiger partial charge on any atom is -0.383 e. The lowest BCUT2D eigenvalue weighted by Crippen LogP contribution is -2.05. The molecule has 2 aromatic heterocycles. The van der Waals surface area contributed by atoms with Crippen LogP contribution in [0.25, 0.3) is 11.5 Å². The van der Waals surface area contributed by atoms with Crippen molar-refractivity contribution in [2.75, 3.05) is 13.7 Å². The second kappa shape index (κ2) is 5.18. The Morgan fingerprint density at radius 1 is 1.50 bits per heavy atom. The number of nitrogens with zero attached hydrogens (tertiary/aromatic N) is 4. The number of methoxy groups -OCH3 is 1. The van der Waals surface area contributed by atoms with E-state index in [-0.39, 0.29) is 0 Å². The van der Waals surface area contributed by atoms with Crippen LogP contribution >= 0.6 is 15.9 Å². The number of aromatic nitrogens is 4. The first-order chi connectivity index (χ1) is 7.83. The Hall–Kier alpha value is -1.27. The molecular weight excluding hydrogens is 272 g/mol.